The van der Waals surface area contributed by atoms with Crippen molar-refractivity contribution in [2.75, 3.05) is 0 Å². The smallest absolute Gasteiger partial charge is 0.305 e. The summed E-state index contributed by atoms with van der Waals surface area (Å²) in [6.45, 7) is 0.179. The maximum absolute atomic E-state index is 13.1. The average molecular weight is 479 g/mol. The standard InChI is InChI=1S/C27H21N5O4/c33-24-13-7-8-16-31(24)17-21-14-15-23(36-21)27(35)29-28-26(34)22-18-32(20-11-5-2-6-12-20)30-25(22)19-9-3-1-4-10-19/h1-16,18H,17H2,(H,28,34)(H,29,35). The van der Waals surface area contributed by atoms with Gasteiger partial charge >= 0.3 is 5.91 Å². The molecule has 178 valence electrons. The van der Waals surface area contributed by atoms with Crippen LogP contribution in [0.25, 0.3) is 16.9 Å². The van der Waals surface area contributed by atoms with E-state index in [0.717, 1.165) is 11.3 Å². The molecule has 5 aromatic rings. The molecule has 0 radical (unpaired) electrons. The summed E-state index contributed by atoms with van der Waals surface area (Å²) >= 11 is 0. The van der Waals surface area contributed by atoms with Gasteiger partial charge in [-0.15, -0.1) is 0 Å². The van der Waals surface area contributed by atoms with Crippen molar-refractivity contribution in [3.05, 3.63) is 131 Å². The molecular weight excluding hydrogens is 458 g/mol. The zero-order chi connectivity index (χ0) is 24.9. The van der Waals surface area contributed by atoms with Crippen molar-refractivity contribution in [3.8, 4) is 16.9 Å². The average Bonchev–Trinajstić information content (AvgIpc) is 3.57. The molecule has 0 saturated heterocycles. The van der Waals surface area contributed by atoms with Crippen LogP contribution in [0.2, 0.25) is 0 Å². The van der Waals surface area contributed by atoms with E-state index < -0.39 is 11.8 Å². The Kier molecular flexibility index (Phi) is 6.27. The quantitative estimate of drug-likeness (QED) is 0.363. The molecule has 3 heterocycles. The molecule has 0 aliphatic carbocycles. The van der Waals surface area contributed by atoms with Crippen LogP contribution in [0.1, 0.15) is 26.7 Å². The Bertz CT molecular complexity index is 1570. The van der Waals surface area contributed by atoms with E-state index in [-0.39, 0.29) is 23.4 Å². The fourth-order valence-corrected chi connectivity index (χ4v) is 3.65. The summed E-state index contributed by atoms with van der Waals surface area (Å²) in [5, 5.41) is 4.60. The lowest BCUT2D eigenvalue weighted by Crippen LogP contribution is -2.41. The number of carbonyl (C=O) groups excluding carboxylic acids is 2. The summed E-state index contributed by atoms with van der Waals surface area (Å²) in [5.41, 5.74) is 6.93. The fourth-order valence-electron chi connectivity index (χ4n) is 3.65. The molecule has 9 nitrogen and oxygen atoms in total. The van der Waals surface area contributed by atoms with Crippen LogP contribution in [0.15, 0.2) is 113 Å². The molecule has 0 saturated carbocycles. The van der Waals surface area contributed by atoms with Gasteiger partial charge in [-0.3, -0.25) is 25.2 Å². The van der Waals surface area contributed by atoms with Crippen LogP contribution in [-0.2, 0) is 6.54 Å². The number of hydrogen-bond donors (Lipinski definition) is 2. The number of furan rings is 1. The van der Waals surface area contributed by atoms with Gasteiger partial charge in [0.2, 0.25) is 0 Å². The first-order chi connectivity index (χ1) is 17.6. The number of pyridine rings is 1. The maximum atomic E-state index is 13.1. The fraction of sp³-hybridized carbons (Fsp3) is 0.0370. The number of aromatic nitrogens is 3. The Balaban J connectivity index is 1.32. The molecule has 0 aliphatic rings. The maximum Gasteiger partial charge on any atom is 0.305 e. The van der Waals surface area contributed by atoms with Gasteiger partial charge in [0.05, 0.1) is 17.8 Å². The highest BCUT2D eigenvalue weighted by Gasteiger charge is 2.20. The van der Waals surface area contributed by atoms with Crippen LogP contribution in [0, 0.1) is 0 Å². The third kappa shape index (κ3) is 4.85. The number of para-hydroxylation sites is 1. The van der Waals surface area contributed by atoms with Crippen LogP contribution < -0.4 is 16.4 Å². The van der Waals surface area contributed by atoms with Gasteiger partial charge in [-0.1, -0.05) is 54.6 Å². The van der Waals surface area contributed by atoms with Gasteiger partial charge in [0, 0.05) is 24.0 Å². The molecule has 0 unspecified atom stereocenters. The van der Waals surface area contributed by atoms with E-state index in [0.29, 0.717) is 11.5 Å². The first-order valence-corrected chi connectivity index (χ1v) is 11.1. The largest absolute Gasteiger partial charge is 0.454 e. The minimum atomic E-state index is -0.633. The third-order valence-corrected chi connectivity index (χ3v) is 5.43. The van der Waals surface area contributed by atoms with E-state index in [9.17, 15) is 14.4 Å². The zero-order valence-corrected chi connectivity index (χ0v) is 19.0. The molecule has 2 amide bonds. The highest BCUT2D eigenvalue weighted by Crippen LogP contribution is 2.23. The van der Waals surface area contributed by atoms with Gasteiger partial charge < -0.3 is 8.98 Å². The van der Waals surface area contributed by atoms with Crippen molar-refractivity contribution >= 4 is 11.8 Å². The molecular formula is C27H21N5O4. The van der Waals surface area contributed by atoms with Crippen molar-refractivity contribution < 1.29 is 14.0 Å². The molecule has 2 N–H and O–H groups in total. The monoisotopic (exact) mass is 479 g/mol. The number of nitrogens with zero attached hydrogens (tertiary/aromatic N) is 3. The van der Waals surface area contributed by atoms with Gasteiger partial charge in [0.1, 0.15) is 11.5 Å². The number of rotatable bonds is 6. The van der Waals surface area contributed by atoms with E-state index in [4.69, 9.17) is 4.42 Å². The Hall–Kier alpha value is -5.18. The molecule has 0 bridgehead atoms. The normalized spacial score (nSPS) is 10.7. The molecule has 5 rings (SSSR count). The summed E-state index contributed by atoms with van der Waals surface area (Å²) in [7, 11) is 0. The van der Waals surface area contributed by atoms with Crippen LogP contribution in [-0.4, -0.2) is 26.2 Å². The lowest BCUT2D eigenvalue weighted by Gasteiger charge is -2.06. The van der Waals surface area contributed by atoms with Crippen molar-refractivity contribution in [3.63, 3.8) is 0 Å². The van der Waals surface area contributed by atoms with Crippen LogP contribution in [0.3, 0.4) is 0 Å². The van der Waals surface area contributed by atoms with Crippen molar-refractivity contribution in [2.24, 2.45) is 0 Å². The number of hydrazine groups is 1. The first-order valence-electron chi connectivity index (χ1n) is 11.1. The number of carbonyl (C=O) groups is 2. The van der Waals surface area contributed by atoms with Crippen LogP contribution in [0.4, 0.5) is 0 Å². The second-order valence-electron chi connectivity index (χ2n) is 7.88. The second-order valence-corrected chi connectivity index (χ2v) is 7.88. The molecule has 0 atom stereocenters. The minimum absolute atomic E-state index is 0.00227. The molecule has 3 aromatic heterocycles. The number of benzene rings is 2. The Labute approximate surface area is 205 Å². The predicted molar refractivity (Wildman–Crippen MR) is 132 cm³/mol. The first kappa shape index (κ1) is 22.6. The lowest BCUT2D eigenvalue weighted by molar-refractivity contribution is 0.0830. The van der Waals surface area contributed by atoms with Gasteiger partial charge in [-0.05, 0) is 30.3 Å². The predicted octanol–water partition coefficient (Wildman–Crippen LogP) is 3.42. The van der Waals surface area contributed by atoms with E-state index in [1.807, 2.05) is 60.7 Å². The zero-order valence-electron chi connectivity index (χ0n) is 19.0. The highest BCUT2D eigenvalue weighted by atomic mass is 16.4. The Morgan fingerprint density at radius 2 is 1.50 bits per heavy atom. The van der Waals surface area contributed by atoms with E-state index in [1.54, 1.807) is 35.3 Å². The summed E-state index contributed by atoms with van der Waals surface area (Å²) in [5.74, 6) is -0.744. The molecule has 2 aromatic carbocycles. The van der Waals surface area contributed by atoms with E-state index >= 15 is 0 Å². The van der Waals surface area contributed by atoms with Crippen LogP contribution >= 0.6 is 0 Å². The molecule has 36 heavy (non-hydrogen) atoms. The van der Waals surface area contributed by atoms with E-state index in [1.165, 1.54) is 16.7 Å². The van der Waals surface area contributed by atoms with Gasteiger partial charge in [-0.25, -0.2) is 4.68 Å². The molecule has 0 fully saturated rings. The topological polar surface area (TPSA) is 111 Å². The second kappa shape index (κ2) is 9.98. The minimum Gasteiger partial charge on any atom is -0.454 e. The number of hydrogen-bond acceptors (Lipinski definition) is 5. The van der Waals surface area contributed by atoms with Gasteiger partial charge in [0.15, 0.2) is 5.76 Å². The summed E-state index contributed by atoms with van der Waals surface area (Å²) < 4.78 is 8.63. The Morgan fingerprint density at radius 3 is 2.25 bits per heavy atom. The van der Waals surface area contributed by atoms with Gasteiger partial charge in [-0.2, -0.15) is 5.10 Å². The van der Waals surface area contributed by atoms with E-state index in [2.05, 4.69) is 16.0 Å². The van der Waals surface area contributed by atoms with Crippen molar-refractivity contribution in [2.45, 2.75) is 6.54 Å². The highest BCUT2D eigenvalue weighted by molar-refractivity contribution is 6.01. The Morgan fingerprint density at radius 1 is 0.806 bits per heavy atom. The SMILES string of the molecule is O=C(NNC(=O)c1cn(-c2ccccc2)nc1-c1ccccc1)c1ccc(Cn2ccccc2=O)o1. The molecule has 9 heteroatoms. The summed E-state index contributed by atoms with van der Waals surface area (Å²) in [4.78, 5) is 37.5. The number of amides is 2. The van der Waals surface area contributed by atoms with Crippen molar-refractivity contribution in [1.82, 2.24) is 25.2 Å². The summed E-state index contributed by atoms with van der Waals surface area (Å²) in [6.07, 6.45) is 3.24. The number of nitrogens with one attached hydrogen (secondary N) is 2. The lowest BCUT2D eigenvalue weighted by atomic mass is 10.1. The summed E-state index contributed by atoms with van der Waals surface area (Å²) in [6, 6.07) is 26.6. The molecule has 0 aliphatic heterocycles. The third-order valence-electron chi connectivity index (χ3n) is 5.43. The van der Waals surface area contributed by atoms with Crippen molar-refractivity contribution in [1.29, 1.82) is 0 Å². The molecule has 0 spiro atoms. The van der Waals surface area contributed by atoms with Gasteiger partial charge in [0.25, 0.3) is 11.5 Å². The van der Waals surface area contributed by atoms with Crippen LogP contribution in [0.5, 0.6) is 0 Å².